The van der Waals surface area contributed by atoms with Gasteiger partial charge in [0.2, 0.25) is 5.91 Å². The first-order chi connectivity index (χ1) is 8.41. The van der Waals surface area contributed by atoms with Crippen LogP contribution in [0.2, 0.25) is 0 Å². The molecule has 0 aliphatic carbocycles. The number of aromatic nitrogens is 2. The van der Waals surface area contributed by atoms with Crippen molar-refractivity contribution in [2.45, 2.75) is 39.8 Å². The van der Waals surface area contributed by atoms with Gasteiger partial charge in [0.05, 0.1) is 6.54 Å². The predicted octanol–water partition coefficient (Wildman–Crippen LogP) is 0.761. The third-order valence-electron chi connectivity index (χ3n) is 2.29. The van der Waals surface area contributed by atoms with Gasteiger partial charge in [-0.15, -0.1) is 0 Å². The molecule has 0 unspecified atom stereocenters. The van der Waals surface area contributed by atoms with E-state index in [0.717, 1.165) is 0 Å². The summed E-state index contributed by atoms with van der Waals surface area (Å²) < 4.78 is 1.57. The second kappa shape index (κ2) is 6.18. The molecular formula is C12H20N4O2. The van der Waals surface area contributed by atoms with Crippen LogP contribution in [0.25, 0.3) is 0 Å². The van der Waals surface area contributed by atoms with Crippen molar-refractivity contribution in [3.63, 3.8) is 0 Å². The molecule has 0 bridgehead atoms. The summed E-state index contributed by atoms with van der Waals surface area (Å²) in [6.07, 6.45) is 3.18. The SMILES string of the molecule is CC(C)NC(=O)CNc1nccn(C(C)C)c1=O. The lowest BCUT2D eigenvalue weighted by molar-refractivity contribution is -0.119. The molecule has 0 aromatic carbocycles. The highest BCUT2D eigenvalue weighted by Crippen LogP contribution is 2.00. The molecule has 0 saturated heterocycles. The van der Waals surface area contributed by atoms with Crippen molar-refractivity contribution in [2.75, 3.05) is 11.9 Å². The molecule has 0 aliphatic rings. The third kappa shape index (κ3) is 3.87. The van der Waals surface area contributed by atoms with E-state index in [1.807, 2.05) is 27.7 Å². The number of carbonyl (C=O) groups is 1. The molecule has 1 aromatic rings. The zero-order chi connectivity index (χ0) is 13.7. The number of nitrogens with zero attached hydrogens (tertiary/aromatic N) is 2. The molecule has 1 heterocycles. The number of anilines is 1. The van der Waals surface area contributed by atoms with Gasteiger partial charge in [-0.25, -0.2) is 4.98 Å². The van der Waals surface area contributed by atoms with E-state index in [4.69, 9.17) is 0 Å². The molecule has 100 valence electrons. The summed E-state index contributed by atoms with van der Waals surface area (Å²) >= 11 is 0. The molecule has 6 heteroatoms. The molecule has 0 spiro atoms. The minimum Gasteiger partial charge on any atom is -0.356 e. The lowest BCUT2D eigenvalue weighted by atomic mass is 10.4. The van der Waals surface area contributed by atoms with Crippen LogP contribution in [-0.4, -0.2) is 28.0 Å². The highest BCUT2D eigenvalue weighted by Gasteiger charge is 2.09. The average Bonchev–Trinajstić information content (AvgIpc) is 2.26. The summed E-state index contributed by atoms with van der Waals surface area (Å²) in [5.41, 5.74) is -0.218. The molecule has 0 saturated carbocycles. The van der Waals surface area contributed by atoms with Crippen molar-refractivity contribution in [1.82, 2.24) is 14.9 Å². The minimum atomic E-state index is -0.218. The van der Waals surface area contributed by atoms with E-state index in [1.165, 1.54) is 0 Å². The molecule has 6 nitrogen and oxygen atoms in total. The van der Waals surface area contributed by atoms with E-state index in [0.29, 0.717) is 0 Å². The fourth-order valence-corrected chi connectivity index (χ4v) is 1.49. The van der Waals surface area contributed by atoms with Crippen LogP contribution in [0.5, 0.6) is 0 Å². The molecule has 1 aromatic heterocycles. The molecule has 0 aliphatic heterocycles. The Hall–Kier alpha value is -1.85. The normalized spacial score (nSPS) is 10.8. The van der Waals surface area contributed by atoms with Crippen molar-refractivity contribution in [2.24, 2.45) is 0 Å². The highest BCUT2D eigenvalue weighted by molar-refractivity contribution is 5.80. The summed E-state index contributed by atoms with van der Waals surface area (Å²) in [5, 5.41) is 5.49. The molecule has 1 amide bonds. The van der Waals surface area contributed by atoms with E-state index >= 15 is 0 Å². The van der Waals surface area contributed by atoms with Crippen molar-refractivity contribution in [3.8, 4) is 0 Å². The van der Waals surface area contributed by atoms with Gasteiger partial charge in [0, 0.05) is 24.5 Å². The van der Waals surface area contributed by atoms with Gasteiger partial charge in [-0.3, -0.25) is 9.59 Å². The Labute approximate surface area is 106 Å². The van der Waals surface area contributed by atoms with Gasteiger partial charge in [-0.05, 0) is 27.7 Å². The Morgan fingerprint density at radius 3 is 2.61 bits per heavy atom. The number of nitrogens with one attached hydrogen (secondary N) is 2. The average molecular weight is 252 g/mol. The van der Waals surface area contributed by atoms with Crippen molar-refractivity contribution >= 4 is 11.7 Å². The molecule has 0 radical (unpaired) electrons. The third-order valence-corrected chi connectivity index (χ3v) is 2.29. The Morgan fingerprint density at radius 1 is 1.39 bits per heavy atom. The van der Waals surface area contributed by atoms with Gasteiger partial charge in [-0.2, -0.15) is 0 Å². The lowest BCUT2D eigenvalue weighted by Gasteiger charge is -2.12. The fraction of sp³-hybridized carbons (Fsp3) is 0.583. The first-order valence-electron chi connectivity index (χ1n) is 6.02. The minimum absolute atomic E-state index is 0.0442. The van der Waals surface area contributed by atoms with Crippen LogP contribution in [0.1, 0.15) is 33.7 Å². The number of amides is 1. The Bertz CT molecular complexity index is 465. The van der Waals surface area contributed by atoms with E-state index in [9.17, 15) is 9.59 Å². The van der Waals surface area contributed by atoms with E-state index in [-0.39, 0.29) is 35.9 Å². The summed E-state index contributed by atoms with van der Waals surface area (Å²) in [7, 11) is 0. The van der Waals surface area contributed by atoms with Crippen LogP contribution in [0.3, 0.4) is 0 Å². The van der Waals surface area contributed by atoms with Crippen molar-refractivity contribution < 1.29 is 4.79 Å². The van der Waals surface area contributed by atoms with Crippen molar-refractivity contribution in [1.29, 1.82) is 0 Å². The summed E-state index contributed by atoms with van der Waals surface area (Å²) in [6.45, 7) is 7.63. The molecule has 2 N–H and O–H groups in total. The monoisotopic (exact) mass is 252 g/mol. The molecular weight excluding hydrogens is 232 g/mol. The molecule has 1 rings (SSSR count). The lowest BCUT2D eigenvalue weighted by Crippen LogP contribution is -2.36. The molecule has 0 atom stereocenters. The van der Waals surface area contributed by atoms with Crippen molar-refractivity contribution in [3.05, 3.63) is 22.7 Å². The van der Waals surface area contributed by atoms with E-state index < -0.39 is 0 Å². The quantitative estimate of drug-likeness (QED) is 0.811. The Balaban J connectivity index is 2.72. The van der Waals surface area contributed by atoms with Gasteiger partial charge < -0.3 is 15.2 Å². The Kier molecular flexibility index (Phi) is 4.88. The topological polar surface area (TPSA) is 76.0 Å². The fourth-order valence-electron chi connectivity index (χ4n) is 1.49. The number of rotatable bonds is 5. The van der Waals surface area contributed by atoms with Gasteiger partial charge in [0.25, 0.3) is 5.56 Å². The van der Waals surface area contributed by atoms with Gasteiger partial charge in [-0.1, -0.05) is 0 Å². The van der Waals surface area contributed by atoms with Crippen LogP contribution in [0.4, 0.5) is 5.82 Å². The number of hydrogen-bond acceptors (Lipinski definition) is 4. The first-order valence-corrected chi connectivity index (χ1v) is 6.02. The second-order valence-corrected chi connectivity index (χ2v) is 4.66. The number of carbonyl (C=O) groups excluding carboxylic acids is 1. The Morgan fingerprint density at radius 2 is 2.06 bits per heavy atom. The number of hydrogen-bond donors (Lipinski definition) is 2. The zero-order valence-electron chi connectivity index (χ0n) is 11.2. The maximum Gasteiger partial charge on any atom is 0.293 e. The highest BCUT2D eigenvalue weighted by atomic mass is 16.2. The van der Waals surface area contributed by atoms with Crippen LogP contribution in [0.15, 0.2) is 17.2 Å². The first kappa shape index (κ1) is 14.2. The smallest absolute Gasteiger partial charge is 0.293 e. The largest absolute Gasteiger partial charge is 0.356 e. The van der Waals surface area contributed by atoms with Crippen LogP contribution in [0, 0.1) is 0 Å². The molecule has 0 fully saturated rings. The van der Waals surface area contributed by atoms with Gasteiger partial charge in [0.15, 0.2) is 5.82 Å². The van der Waals surface area contributed by atoms with E-state index in [2.05, 4.69) is 15.6 Å². The maximum atomic E-state index is 12.0. The van der Waals surface area contributed by atoms with Crippen LogP contribution in [-0.2, 0) is 4.79 Å². The van der Waals surface area contributed by atoms with Crippen LogP contribution < -0.4 is 16.2 Å². The summed E-state index contributed by atoms with van der Waals surface area (Å²) in [6, 6.07) is 0.140. The van der Waals surface area contributed by atoms with Crippen LogP contribution >= 0.6 is 0 Å². The second-order valence-electron chi connectivity index (χ2n) is 4.66. The van der Waals surface area contributed by atoms with Gasteiger partial charge in [0.1, 0.15) is 0 Å². The van der Waals surface area contributed by atoms with E-state index in [1.54, 1.807) is 17.0 Å². The summed E-state index contributed by atoms with van der Waals surface area (Å²) in [5.74, 6) is 0.0382. The summed E-state index contributed by atoms with van der Waals surface area (Å²) in [4.78, 5) is 27.3. The standard InChI is InChI=1S/C12H20N4O2/c1-8(2)15-10(17)7-14-11-12(18)16(9(3)4)6-5-13-11/h5-6,8-9H,7H2,1-4H3,(H,13,14)(H,15,17). The predicted molar refractivity (Wildman–Crippen MR) is 70.7 cm³/mol. The zero-order valence-corrected chi connectivity index (χ0v) is 11.2. The molecule has 18 heavy (non-hydrogen) atoms. The van der Waals surface area contributed by atoms with Gasteiger partial charge >= 0.3 is 0 Å². The maximum absolute atomic E-state index is 12.0.